The van der Waals surface area contributed by atoms with E-state index >= 15 is 0 Å². The zero-order valence-electron chi connectivity index (χ0n) is 18.3. The lowest BCUT2D eigenvalue weighted by Crippen LogP contribution is -2.27. The molecule has 1 aromatic heterocycles. The Morgan fingerprint density at radius 1 is 0.750 bits per heavy atom. The Balaban J connectivity index is 1.83. The topological polar surface area (TPSA) is 45.2 Å². The van der Waals surface area contributed by atoms with Gasteiger partial charge >= 0.3 is 0 Å². The van der Waals surface area contributed by atoms with E-state index in [2.05, 4.69) is 39.5 Å². The van der Waals surface area contributed by atoms with Gasteiger partial charge in [0.1, 0.15) is 5.82 Å². The molecule has 1 heterocycles. The number of nitrogens with zero attached hydrogens (tertiary/aromatic N) is 2. The predicted octanol–water partition coefficient (Wildman–Crippen LogP) is 5.97. The summed E-state index contributed by atoms with van der Waals surface area (Å²) in [6.45, 7) is 0. The molecule has 0 spiro atoms. The second-order valence-electron chi connectivity index (χ2n) is 7.94. The third-order valence-corrected chi connectivity index (χ3v) is 5.57. The van der Waals surface area contributed by atoms with Gasteiger partial charge in [0.15, 0.2) is 5.78 Å². The van der Waals surface area contributed by atoms with Crippen LogP contribution >= 0.6 is 0 Å². The molecule has 0 saturated carbocycles. The number of pyridine rings is 1. The Labute approximate surface area is 189 Å². The van der Waals surface area contributed by atoms with Crippen molar-refractivity contribution in [3.05, 3.63) is 126 Å². The van der Waals surface area contributed by atoms with Gasteiger partial charge in [-0.1, -0.05) is 78.9 Å². The van der Waals surface area contributed by atoms with Gasteiger partial charge in [-0.2, -0.15) is 0 Å². The summed E-state index contributed by atoms with van der Waals surface area (Å²) in [5, 5.41) is 3.55. The summed E-state index contributed by atoms with van der Waals surface area (Å²) in [5.74, 6) is 0.378. The Hall–Kier alpha value is -3.92. The molecule has 0 saturated heterocycles. The molecule has 0 bridgehead atoms. The van der Waals surface area contributed by atoms with Gasteiger partial charge in [-0.05, 0) is 35.4 Å². The molecule has 160 valence electrons. The summed E-state index contributed by atoms with van der Waals surface area (Å²) in [7, 11) is 4.04. The van der Waals surface area contributed by atoms with Crippen molar-refractivity contribution in [2.45, 2.75) is 12.0 Å². The minimum Gasteiger partial charge on any atom is -0.378 e. The molecule has 0 fully saturated rings. The minimum atomic E-state index is -0.425. The van der Waals surface area contributed by atoms with Crippen molar-refractivity contribution in [2.75, 3.05) is 24.3 Å². The Morgan fingerprint density at radius 3 is 1.97 bits per heavy atom. The van der Waals surface area contributed by atoms with Crippen LogP contribution in [0.25, 0.3) is 0 Å². The zero-order chi connectivity index (χ0) is 22.3. The Bertz CT molecular complexity index is 1130. The first-order chi connectivity index (χ1) is 15.6. The number of hydrogen-bond acceptors (Lipinski definition) is 4. The molecule has 0 aliphatic heterocycles. The molecule has 32 heavy (non-hydrogen) atoms. The number of nitrogens with one attached hydrogen (secondary N) is 1. The first kappa shape index (κ1) is 21.3. The van der Waals surface area contributed by atoms with Gasteiger partial charge in [0.25, 0.3) is 0 Å². The van der Waals surface area contributed by atoms with Crippen LogP contribution < -0.4 is 10.2 Å². The molecule has 0 aliphatic carbocycles. The summed E-state index contributed by atoms with van der Waals surface area (Å²) < 4.78 is 0. The lowest BCUT2D eigenvalue weighted by molar-refractivity contribution is 0.0950. The van der Waals surface area contributed by atoms with Gasteiger partial charge in [-0.15, -0.1) is 0 Å². The summed E-state index contributed by atoms with van der Waals surface area (Å²) in [6, 6.07) is 33.3. The monoisotopic (exact) mass is 421 g/mol. The molecule has 3 aromatic carbocycles. The maximum atomic E-state index is 13.9. The molecule has 4 rings (SSSR count). The molecule has 0 amide bonds. The summed E-state index contributed by atoms with van der Waals surface area (Å²) in [4.78, 5) is 20.4. The number of ketones is 1. The van der Waals surface area contributed by atoms with Crippen molar-refractivity contribution in [1.29, 1.82) is 0 Å². The van der Waals surface area contributed by atoms with E-state index in [9.17, 15) is 4.79 Å². The number of hydrogen-bond donors (Lipinski definition) is 1. The molecule has 4 heteroatoms. The van der Waals surface area contributed by atoms with Crippen LogP contribution in [0.2, 0.25) is 0 Å². The molecule has 0 radical (unpaired) electrons. The van der Waals surface area contributed by atoms with E-state index in [0.717, 1.165) is 22.6 Å². The third kappa shape index (κ3) is 4.86. The molecule has 0 aliphatic rings. The molecular weight excluding hydrogens is 394 g/mol. The molecule has 1 N–H and O–H groups in total. The fourth-order valence-electron chi connectivity index (χ4n) is 3.88. The smallest absolute Gasteiger partial charge is 0.172 e. The lowest BCUT2D eigenvalue weighted by Gasteiger charge is -2.29. The molecule has 2 atom stereocenters. The Morgan fingerprint density at radius 2 is 1.38 bits per heavy atom. The van der Waals surface area contributed by atoms with E-state index in [0.29, 0.717) is 5.56 Å². The minimum absolute atomic E-state index is 0.0712. The SMILES string of the molecule is CN(C)c1ccc([C@H](Nc2ccccn2)[C@@H](C(=O)c2ccccc2)c2ccccc2)cc1. The van der Waals surface area contributed by atoms with E-state index in [4.69, 9.17) is 0 Å². The van der Waals surface area contributed by atoms with Crippen LogP contribution in [-0.2, 0) is 0 Å². The number of carbonyl (C=O) groups is 1. The third-order valence-electron chi connectivity index (χ3n) is 5.57. The van der Waals surface area contributed by atoms with E-state index in [1.807, 2.05) is 93.0 Å². The summed E-state index contributed by atoms with van der Waals surface area (Å²) in [6.07, 6.45) is 1.76. The van der Waals surface area contributed by atoms with E-state index in [1.54, 1.807) is 6.20 Å². The van der Waals surface area contributed by atoms with Crippen molar-refractivity contribution in [1.82, 2.24) is 4.98 Å². The molecule has 4 nitrogen and oxygen atoms in total. The van der Waals surface area contributed by atoms with Gasteiger partial charge in [0, 0.05) is 31.5 Å². The van der Waals surface area contributed by atoms with Crippen molar-refractivity contribution in [2.24, 2.45) is 0 Å². The highest BCUT2D eigenvalue weighted by molar-refractivity contribution is 6.01. The number of aromatic nitrogens is 1. The number of anilines is 2. The first-order valence-corrected chi connectivity index (χ1v) is 10.7. The van der Waals surface area contributed by atoms with Gasteiger partial charge in [0.2, 0.25) is 0 Å². The first-order valence-electron chi connectivity index (χ1n) is 10.7. The van der Waals surface area contributed by atoms with Crippen LogP contribution in [0, 0.1) is 0 Å². The number of benzene rings is 3. The van der Waals surface area contributed by atoms with E-state index in [-0.39, 0.29) is 11.8 Å². The fraction of sp³-hybridized carbons (Fsp3) is 0.143. The van der Waals surface area contributed by atoms with E-state index in [1.165, 1.54) is 0 Å². The van der Waals surface area contributed by atoms with Crippen molar-refractivity contribution in [3.63, 3.8) is 0 Å². The number of Topliss-reactive ketones (excluding diaryl/α,β-unsaturated/α-hetero) is 1. The van der Waals surface area contributed by atoms with Gasteiger partial charge in [0.05, 0.1) is 12.0 Å². The molecule has 0 unspecified atom stereocenters. The quantitative estimate of drug-likeness (QED) is 0.356. The van der Waals surface area contributed by atoms with Crippen molar-refractivity contribution < 1.29 is 4.79 Å². The second-order valence-corrected chi connectivity index (χ2v) is 7.94. The maximum Gasteiger partial charge on any atom is 0.172 e. The van der Waals surface area contributed by atoms with Gasteiger partial charge < -0.3 is 10.2 Å². The highest BCUT2D eigenvalue weighted by atomic mass is 16.1. The molecular formula is C28H27N3O. The predicted molar refractivity (Wildman–Crippen MR) is 131 cm³/mol. The van der Waals surface area contributed by atoms with Crippen LogP contribution in [0.3, 0.4) is 0 Å². The van der Waals surface area contributed by atoms with Gasteiger partial charge in [-0.3, -0.25) is 4.79 Å². The van der Waals surface area contributed by atoms with Crippen LogP contribution in [0.4, 0.5) is 11.5 Å². The highest BCUT2D eigenvalue weighted by Gasteiger charge is 2.32. The zero-order valence-corrected chi connectivity index (χ0v) is 18.3. The van der Waals surface area contributed by atoms with Crippen LogP contribution in [-0.4, -0.2) is 24.9 Å². The number of rotatable bonds is 8. The molecule has 4 aromatic rings. The fourth-order valence-corrected chi connectivity index (χ4v) is 3.88. The van der Waals surface area contributed by atoms with Gasteiger partial charge in [-0.25, -0.2) is 4.98 Å². The summed E-state index contributed by atoms with van der Waals surface area (Å²) in [5.41, 5.74) is 3.79. The van der Waals surface area contributed by atoms with Crippen LogP contribution in [0.5, 0.6) is 0 Å². The van der Waals surface area contributed by atoms with Crippen molar-refractivity contribution >= 4 is 17.3 Å². The van der Waals surface area contributed by atoms with Crippen LogP contribution in [0.1, 0.15) is 33.4 Å². The average molecular weight is 422 g/mol. The standard InChI is InChI=1S/C28H27N3O/c1-31(2)24-18-16-22(17-19-24)27(30-25-15-9-10-20-29-25)26(21-11-5-3-6-12-21)28(32)23-13-7-4-8-14-23/h3-20,26-27H,1-2H3,(H,29,30)/t26-,27-/m0/s1. The lowest BCUT2D eigenvalue weighted by atomic mass is 9.81. The second kappa shape index (κ2) is 9.92. The highest BCUT2D eigenvalue weighted by Crippen LogP contribution is 2.37. The normalized spacial score (nSPS) is 12.6. The maximum absolute atomic E-state index is 13.9. The van der Waals surface area contributed by atoms with E-state index < -0.39 is 5.92 Å². The Kier molecular flexibility index (Phi) is 6.61. The van der Waals surface area contributed by atoms with Crippen molar-refractivity contribution in [3.8, 4) is 0 Å². The largest absolute Gasteiger partial charge is 0.378 e. The number of carbonyl (C=O) groups excluding carboxylic acids is 1. The summed E-state index contributed by atoms with van der Waals surface area (Å²) >= 11 is 0. The average Bonchev–Trinajstić information content (AvgIpc) is 2.85. The van der Waals surface area contributed by atoms with Crippen LogP contribution in [0.15, 0.2) is 109 Å².